The Balaban J connectivity index is 1.61. The maximum atomic E-state index is 13.2. The van der Waals surface area contributed by atoms with Crippen LogP contribution in [0.25, 0.3) is 0 Å². The van der Waals surface area contributed by atoms with E-state index in [2.05, 4.69) is 4.98 Å². The zero-order valence-corrected chi connectivity index (χ0v) is 11.9. The van der Waals surface area contributed by atoms with Crippen LogP contribution in [-0.4, -0.2) is 35.0 Å². The average molecular weight is 315 g/mol. The van der Waals surface area contributed by atoms with Crippen LogP contribution in [0.15, 0.2) is 36.5 Å². The number of aromatic nitrogens is 1. The minimum absolute atomic E-state index is 0.0814. The number of likely N-dealkylation sites (tertiary alicyclic amines) is 1. The first kappa shape index (κ1) is 14.9. The fraction of sp³-hybridized carbons (Fsp3) is 0.188. The van der Waals surface area contributed by atoms with Gasteiger partial charge < -0.3 is 9.64 Å². The molecule has 1 amide bonds. The highest BCUT2D eigenvalue weighted by Gasteiger charge is 2.33. The van der Waals surface area contributed by atoms with Crippen LogP contribution in [0, 0.1) is 23.0 Å². The van der Waals surface area contributed by atoms with E-state index in [-0.39, 0.29) is 17.5 Å². The molecule has 5 nitrogen and oxygen atoms in total. The molecule has 2 aromatic rings. The summed E-state index contributed by atoms with van der Waals surface area (Å²) in [5.74, 6) is -2.23. The smallest absolute Gasteiger partial charge is 0.254 e. The second-order valence-electron chi connectivity index (χ2n) is 5.05. The van der Waals surface area contributed by atoms with Crippen molar-refractivity contribution in [1.82, 2.24) is 9.88 Å². The second-order valence-corrected chi connectivity index (χ2v) is 5.05. The van der Waals surface area contributed by atoms with Gasteiger partial charge in [-0.1, -0.05) is 0 Å². The Bertz CT molecular complexity index is 798. The number of hydrogen-bond acceptors (Lipinski definition) is 4. The first-order valence-electron chi connectivity index (χ1n) is 6.84. The predicted octanol–water partition coefficient (Wildman–Crippen LogP) is 2.13. The van der Waals surface area contributed by atoms with Crippen LogP contribution < -0.4 is 4.74 Å². The topological polar surface area (TPSA) is 66.2 Å². The Labute approximate surface area is 130 Å². The molecule has 0 N–H and O–H groups in total. The molecular weight excluding hydrogens is 304 g/mol. The van der Waals surface area contributed by atoms with Crippen LogP contribution in [0.3, 0.4) is 0 Å². The normalized spacial score (nSPS) is 14.0. The third-order valence-corrected chi connectivity index (χ3v) is 3.47. The largest absolute Gasteiger partial charge is 0.470 e. The molecule has 0 spiro atoms. The van der Waals surface area contributed by atoms with Crippen LogP contribution in [-0.2, 0) is 0 Å². The molecule has 1 saturated heterocycles. The molecule has 0 unspecified atom stereocenters. The number of carbonyl (C=O) groups excluding carboxylic acids is 1. The van der Waals surface area contributed by atoms with Crippen LogP contribution in [0.5, 0.6) is 5.88 Å². The summed E-state index contributed by atoms with van der Waals surface area (Å²) in [5, 5.41) is 8.96. The number of hydrogen-bond donors (Lipinski definition) is 0. The average Bonchev–Trinajstić information content (AvgIpc) is 2.53. The fourth-order valence-electron chi connectivity index (χ4n) is 2.22. The number of carbonyl (C=O) groups is 1. The molecule has 0 bridgehead atoms. The van der Waals surface area contributed by atoms with E-state index in [4.69, 9.17) is 10.00 Å². The van der Waals surface area contributed by atoms with E-state index in [1.54, 1.807) is 12.1 Å². The third-order valence-electron chi connectivity index (χ3n) is 3.47. The molecule has 23 heavy (non-hydrogen) atoms. The van der Waals surface area contributed by atoms with Gasteiger partial charge in [0.1, 0.15) is 17.7 Å². The van der Waals surface area contributed by atoms with Crippen molar-refractivity contribution < 1.29 is 18.3 Å². The zero-order valence-electron chi connectivity index (χ0n) is 11.9. The summed E-state index contributed by atoms with van der Waals surface area (Å²) in [6.07, 6.45) is 1.23. The van der Waals surface area contributed by atoms with E-state index in [0.29, 0.717) is 18.7 Å². The first-order valence-corrected chi connectivity index (χ1v) is 6.84. The first-order chi connectivity index (χ1) is 11.1. The molecule has 1 aromatic carbocycles. The van der Waals surface area contributed by atoms with E-state index >= 15 is 0 Å². The highest BCUT2D eigenvalue weighted by atomic mass is 19.2. The summed E-state index contributed by atoms with van der Waals surface area (Å²) < 4.78 is 31.6. The fourth-order valence-corrected chi connectivity index (χ4v) is 2.22. The predicted molar refractivity (Wildman–Crippen MR) is 75.6 cm³/mol. The van der Waals surface area contributed by atoms with Gasteiger partial charge in [0.15, 0.2) is 11.6 Å². The lowest BCUT2D eigenvalue weighted by Gasteiger charge is -2.38. The molecule has 1 aliphatic rings. The number of halogens is 2. The SMILES string of the molecule is N#Cc1cccnc1OC1CN(C(=O)c2ccc(F)c(F)c2)C1. The van der Waals surface area contributed by atoms with Crippen LogP contribution in [0.4, 0.5) is 8.78 Å². The van der Waals surface area contributed by atoms with Gasteiger partial charge in [-0.2, -0.15) is 5.26 Å². The Morgan fingerprint density at radius 1 is 1.30 bits per heavy atom. The van der Waals surface area contributed by atoms with Gasteiger partial charge in [0.05, 0.1) is 13.1 Å². The minimum Gasteiger partial charge on any atom is -0.470 e. The van der Waals surface area contributed by atoms with Crippen molar-refractivity contribution in [2.75, 3.05) is 13.1 Å². The van der Waals surface area contributed by atoms with E-state index in [1.165, 1.54) is 17.2 Å². The summed E-state index contributed by atoms with van der Waals surface area (Å²) in [6, 6.07) is 8.22. The standard InChI is InChI=1S/C16H11F2N3O2/c17-13-4-3-10(6-14(13)18)16(22)21-8-12(9-21)23-15-11(7-19)2-1-5-20-15/h1-6,12H,8-9H2. The summed E-state index contributed by atoms with van der Waals surface area (Å²) in [7, 11) is 0. The number of nitriles is 1. The second kappa shape index (κ2) is 6.01. The number of rotatable bonds is 3. The van der Waals surface area contributed by atoms with Crippen molar-refractivity contribution >= 4 is 5.91 Å². The molecule has 2 heterocycles. The summed E-state index contributed by atoms with van der Waals surface area (Å²) in [6.45, 7) is 0.582. The number of pyridine rings is 1. The minimum atomic E-state index is -1.06. The maximum absolute atomic E-state index is 13.2. The van der Waals surface area contributed by atoms with E-state index in [0.717, 1.165) is 12.1 Å². The quantitative estimate of drug-likeness (QED) is 0.870. The van der Waals surface area contributed by atoms with E-state index < -0.39 is 17.5 Å². The Kier molecular flexibility index (Phi) is 3.89. The zero-order chi connectivity index (χ0) is 16.4. The Morgan fingerprint density at radius 3 is 2.78 bits per heavy atom. The van der Waals surface area contributed by atoms with E-state index in [1.807, 2.05) is 6.07 Å². The molecule has 0 radical (unpaired) electrons. The highest BCUT2D eigenvalue weighted by molar-refractivity contribution is 5.94. The molecular formula is C16H11F2N3O2. The Hall–Kier alpha value is -3.01. The molecule has 1 fully saturated rings. The van der Waals surface area contributed by atoms with Crippen molar-refractivity contribution in [2.24, 2.45) is 0 Å². The van der Waals surface area contributed by atoms with Crippen molar-refractivity contribution in [3.8, 4) is 11.9 Å². The van der Waals surface area contributed by atoms with Crippen molar-refractivity contribution in [1.29, 1.82) is 5.26 Å². The monoisotopic (exact) mass is 315 g/mol. The molecule has 0 saturated carbocycles. The summed E-state index contributed by atoms with van der Waals surface area (Å²) >= 11 is 0. The molecule has 1 aliphatic heterocycles. The molecule has 116 valence electrons. The third kappa shape index (κ3) is 2.97. The van der Waals surface area contributed by atoms with Gasteiger partial charge in [0, 0.05) is 11.8 Å². The molecule has 7 heteroatoms. The number of amides is 1. The number of benzene rings is 1. The van der Waals surface area contributed by atoms with Gasteiger partial charge in [-0.15, -0.1) is 0 Å². The van der Waals surface area contributed by atoms with Crippen LogP contribution in [0.1, 0.15) is 15.9 Å². The highest BCUT2D eigenvalue weighted by Crippen LogP contribution is 2.21. The van der Waals surface area contributed by atoms with Gasteiger partial charge in [-0.25, -0.2) is 13.8 Å². The molecule has 0 aliphatic carbocycles. The number of ether oxygens (including phenoxy) is 1. The molecule has 0 atom stereocenters. The lowest BCUT2D eigenvalue weighted by molar-refractivity contribution is 0.0158. The van der Waals surface area contributed by atoms with Gasteiger partial charge in [0.2, 0.25) is 5.88 Å². The number of nitrogens with zero attached hydrogens (tertiary/aromatic N) is 3. The molecule has 1 aromatic heterocycles. The van der Waals surface area contributed by atoms with Crippen LogP contribution in [0.2, 0.25) is 0 Å². The van der Waals surface area contributed by atoms with Gasteiger partial charge in [-0.3, -0.25) is 4.79 Å². The maximum Gasteiger partial charge on any atom is 0.254 e. The van der Waals surface area contributed by atoms with Crippen molar-refractivity contribution in [3.05, 3.63) is 59.3 Å². The van der Waals surface area contributed by atoms with Crippen molar-refractivity contribution in [2.45, 2.75) is 6.10 Å². The van der Waals surface area contributed by atoms with Crippen molar-refractivity contribution in [3.63, 3.8) is 0 Å². The van der Waals surface area contributed by atoms with Gasteiger partial charge in [0.25, 0.3) is 5.91 Å². The lowest BCUT2D eigenvalue weighted by atomic mass is 10.1. The summed E-state index contributed by atoms with van der Waals surface area (Å²) in [4.78, 5) is 17.6. The Morgan fingerprint density at radius 2 is 2.09 bits per heavy atom. The summed E-state index contributed by atoms with van der Waals surface area (Å²) in [5.41, 5.74) is 0.399. The molecule has 3 rings (SSSR count). The van der Waals surface area contributed by atoms with E-state index in [9.17, 15) is 13.6 Å². The van der Waals surface area contributed by atoms with Gasteiger partial charge >= 0.3 is 0 Å². The van der Waals surface area contributed by atoms with Crippen LogP contribution >= 0.6 is 0 Å². The lowest BCUT2D eigenvalue weighted by Crippen LogP contribution is -2.56. The van der Waals surface area contributed by atoms with Gasteiger partial charge in [-0.05, 0) is 30.3 Å².